The Morgan fingerprint density at radius 1 is 1.11 bits per heavy atom. The molecule has 0 aliphatic carbocycles. The van der Waals surface area contributed by atoms with Gasteiger partial charge in [-0.3, -0.25) is 0 Å². The van der Waals surface area contributed by atoms with Crippen LogP contribution in [0.1, 0.15) is 19.0 Å². The number of methoxy groups -OCH3 is 1. The first-order chi connectivity index (χ1) is 9.36. The Morgan fingerprint density at radius 2 is 1.89 bits per heavy atom. The molecule has 1 heterocycles. The highest BCUT2D eigenvalue weighted by Gasteiger charge is 1.98. The van der Waals surface area contributed by atoms with E-state index in [1.807, 2.05) is 18.2 Å². The van der Waals surface area contributed by atoms with E-state index in [1.54, 1.807) is 7.11 Å². The zero-order valence-electron chi connectivity index (χ0n) is 11.9. The first kappa shape index (κ1) is 15.9. The topological polar surface area (TPSA) is 52.6 Å². The normalized spacial score (nSPS) is 10.6. The molecule has 0 atom stereocenters. The third-order valence-electron chi connectivity index (χ3n) is 2.42. The van der Waals surface area contributed by atoms with Gasteiger partial charge < -0.3 is 19.5 Å². The van der Waals surface area contributed by atoms with Gasteiger partial charge in [0.2, 0.25) is 0 Å². The van der Waals surface area contributed by atoms with E-state index in [0.29, 0.717) is 33.0 Å². The Balaban J connectivity index is 2.14. The lowest BCUT2D eigenvalue weighted by Gasteiger charge is -2.07. The van der Waals surface area contributed by atoms with Crippen LogP contribution in [0, 0.1) is 0 Å². The van der Waals surface area contributed by atoms with Gasteiger partial charge in [-0.05, 0) is 18.6 Å². The molecule has 0 amide bonds. The predicted molar refractivity (Wildman–Crippen MR) is 75.4 cm³/mol. The molecule has 108 valence electrons. The number of aromatic nitrogens is 1. The molecule has 0 saturated heterocycles. The molecule has 0 saturated carbocycles. The fourth-order valence-electron chi connectivity index (χ4n) is 1.45. The lowest BCUT2D eigenvalue weighted by molar-refractivity contribution is 0.0192. The highest BCUT2D eigenvalue weighted by atomic mass is 16.5. The van der Waals surface area contributed by atoms with Gasteiger partial charge in [0.25, 0.3) is 0 Å². The van der Waals surface area contributed by atoms with Crippen molar-refractivity contribution in [3.8, 4) is 0 Å². The van der Waals surface area contributed by atoms with Crippen molar-refractivity contribution in [2.45, 2.75) is 20.0 Å². The third-order valence-corrected chi connectivity index (χ3v) is 2.42. The second kappa shape index (κ2) is 10.7. The Morgan fingerprint density at radius 3 is 2.68 bits per heavy atom. The van der Waals surface area contributed by atoms with Crippen LogP contribution in [0.2, 0.25) is 0 Å². The molecule has 0 fully saturated rings. The van der Waals surface area contributed by atoms with Gasteiger partial charge in [-0.25, -0.2) is 4.98 Å². The van der Waals surface area contributed by atoms with Crippen molar-refractivity contribution in [2.24, 2.45) is 0 Å². The Kier molecular flexibility index (Phi) is 8.97. The first-order valence-electron chi connectivity index (χ1n) is 6.71. The number of hydrogen-bond acceptors (Lipinski definition) is 5. The van der Waals surface area contributed by atoms with Crippen LogP contribution in [0.25, 0.3) is 0 Å². The summed E-state index contributed by atoms with van der Waals surface area (Å²) in [5, 5.41) is 3.25. The summed E-state index contributed by atoms with van der Waals surface area (Å²) in [6.45, 7) is 5.94. The minimum Gasteiger partial charge on any atom is -0.382 e. The van der Waals surface area contributed by atoms with Gasteiger partial charge in [0.15, 0.2) is 0 Å². The minimum atomic E-state index is 0.509. The largest absolute Gasteiger partial charge is 0.382 e. The quantitative estimate of drug-likeness (QED) is 0.623. The number of nitrogens with one attached hydrogen (secondary N) is 1. The summed E-state index contributed by atoms with van der Waals surface area (Å²) in [4.78, 5) is 4.46. The van der Waals surface area contributed by atoms with Crippen LogP contribution < -0.4 is 5.32 Å². The first-order valence-corrected chi connectivity index (χ1v) is 6.71. The molecule has 1 N–H and O–H groups in total. The Hall–Kier alpha value is -1.17. The number of rotatable bonds is 11. The van der Waals surface area contributed by atoms with Gasteiger partial charge in [-0.1, -0.05) is 13.0 Å². The van der Waals surface area contributed by atoms with Gasteiger partial charge in [0, 0.05) is 13.7 Å². The van der Waals surface area contributed by atoms with Crippen molar-refractivity contribution in [1.82, 2.24) is 4.98 Å². The maximum absolute atomic E-state index is 5.50. The summed E-state index contributed by atoms with van der Waals surface area (Å²) in [6.07, 6.45) is 1.08. The average molecular weight is 268 g/mol. The molecule has 1 aromatic heterocycles. The monoisotopic (exact) mass is 268 g/mol. The van der Waals surface area contributed by atoms with Crippen LogP contribution >= 0.6 is 0 Å². The van der Waals surface area contributed by atoms with Gasteiger partial charge in [0.05, 0.1) is 38.7 Å². The van der Waals surface area contributed by atoms with Crippen molar-refractivity contribution >= 4 is 5.82 Å². The maximum atomic E-state index is 5.50. The van der Waals surface area contributed by atoms with E-state index < -0.39 is 0 Å². The summed E-state index contributed by atoms with van der Waals surface area (Å²) >= 11 is 0. The molecule has 1 rings (SSSR count). The van der Waals surface area contributed by atoms with Crippen LogP contribution in [0.5, 0.6) is 0 Å². The fourth-order valence-corrected chi connectivity index (χ4v) is 1.45. The molecule has 1 aromatic rings. The van der Waals surface area contributed by atoms with Crippen LogP contribution in [0.4, 0.5) is 5.82 Å². The maximum Gasteiger partial charge on any atom is 0.126 e. The smallest absolute Gasteiger partial charge is 0.126 e. The van der Waals surface area contributed by atoms with E-state index in [2.05, 4.69) is 17.2 Å². The molecule has 0 unspecified atom stereocenters. The van der Waals surface area contributed by atoms with E-state index in [4.69, 9.17) is 14.2 Å². The number of pyridine rings is 1. The average Bonchev–Trinajstić information content (AvgIpc) is 2.44. The number of nitrogens with zero attached hydrogens (tertiary/aromatic N) is 1. The van der Waals surface area contributed by atoms with Crippen molar-refractivity contribution < 1.29 is 14.2 Å². The Bertz CT molecular complexity index is 334. The van der Waals surface area contributed by atoms with Gasteiger partial charge in [0.1, 0.15) is 5.82 Å². The van der Waals surface area contributed by atoms with Gasteiger partial charge in [-0.2, -0.15) is 0 Å². The van der Waals surface area contributed by atoms with Crippen LogP contribution in [0.15, 0.2) is 18.2 Å². The van der Waals surface area contributed by atoms with Crippen LogP contribution in [0.3, 0.4) is 0 Å². The second-order valence-electron chi connectivity index (χ2n) is 4.10. The van der Waals surface area contributed by atoms with Gasteiger partial charge in [-0.15, -0.1) is 0 Å². The molecular formula is C14H24N2O3. The minimum absolute atomic E-state index is 0.509. The second-order valence-corrected chi connectivity index (χ2v) is 4.10. The van der Waals surface area contributed by atoms with Crippen molar-refractivity contribution in [3.63, 3.8) is 0 Å². The molecule has 5 nitrogen and oxygen atoms in total. The summed E-state index contributed by atoms with van der Waals surface area (Å²) in [5.74, 6) is 0.902. The van der Waals surface area contributed by atoms with E-state index in [9.17, 15) is 0 Å². The summed E-state index contributed by atoms with van der Waals surface area (Å²) < 4.78 is 15.7. The van der Waals surface area contributed by atoms with Crippen molar-refractivity contribution in [3.05, 3.63) is 23.9 Å². The lowest BCUT2D eigenvalue weighted by atomic mass is 10.3. The molecule has 19 heavy (non-hydrogen) atoms. The number of hydrogen-bond donors (Lipinski definition) is 1. The van der Waals surface area contributed by atoms with Crippen LogP contribution in [-0.4, -0.2) is 45.1 Å². The zero-order valence-corrected chi connectivity index (χ0v) is 11.9. The molecule has 0 bridgehead atoms. The van der Waals surface area contributed by atoms with E-state index in [0.717, 1.165) is 24.5 Å². The predicted octanol–water partition coefficient (Wildman–Crippen LogP) is 2.08. The summed E-state index contributed by atoms with van der Waals surface area (Å²) in [7, 11) is 1.66. The molecule has 0 radical (unpaired) electrons. The molecule has 0 aliphatic heterocycles. The fraction of sp³-hybridized carbons (Fsp3) is 0.643. The molecule has 5 heteroatoms. The van der Waals surface area contributed by atoms with E-state index in [1.165, 1.54) is 0 Å². The number of ether oxygens (including phenoxy) is 3. The molecule has 0 aliphatic rings. The zero-order chi connectivity index (χ0) is 13.8. The third kappa shape index (κ3) is 7.77. The molecule has 0 aromatic carbocycles. The van der Waals surface area contributed by atoms with Crippen molar-refractivity contribution in [1.29, 1.82) is 0 Å². The lowest BCUT2D eigenvalue weighted by Crippen LogP contribution is -2.09. The van der Waals surface area contributed by atoms with Gasteiger partial charge >= 0.3 is 0 Å². The van der Waals surface area contributed by atoms with E-state index >= 15 is 0 Å². The summed E-state index contributed by atoms with van der Waals surface area (Å²) in [6, 6.07) is 5.91. The van der Waals surface area contributed by atoms with Crippen molar-refractivity contribution in [2.75, 3.05) is 45.4 Å². The van der Waals surface area contributed by atoms with Crippen LogP contribution in [-0.2, 0) is 20.8 Å². The highest BCUT2D eigenvalue weighted by molar-refractivity contribution is 5.34. The highest BCUT2D eigenvalue weighted by Crippen LogP contribution is 2.05. The molecular weight excluding hydrogens is 244 g/mol. The summed E-state index contributed by atoms with van der Waals surface area (Å²) in [5.41, 5.74) is 0.929. The SMILES string of the molecule is CCCNc1cccc(COCCOCCOC)n1. The molecule has 0 spiro atoms. The Labute approximate surface area is 115 Å². The standard InChI is InChI=1S/C14H24N2O3/c1-3-7-15-14-6-4-5-13(16-14)12-19-11-10-18-9-8-17-2/h4-6H,3,7-12H2,1-2H3,(H,15,16). The number of anilines is 1. The van der Waals surface area contributed by atoms with E-state index in [-0.39, 0.29) is 0 Å².